The zero-order valence-electron chi connectivity index (χ0n) is 12.3. The number of hydrogen-bond donors (Lipinski definition) is 1. The van der Waals surface area contributed by atoms with Crippen molar-refractivity contribution in [2.24, 2.45) is 0 Å². The number of pyridine rings is 1. The summed E-state index contributed by atoms with van der Waals surface area (Å²) in [7, 11) is 0. The quantitative estimate of drug-likeness (QED) is 0.929. The largest absolute Gasteiger partial charge is 0.462 e. The van der Waals surface area contributed by atoms with E-state index in [4.69, 9.17) is 9.52 Å². The van der Waals surface area contributed by atoms with Gasteiger partial charge in [0.1, 0.15) is 23.9 Å². The van der Waals surface area contributed by atoms with E-state index in [1.54, 1.807) is 0 Å². The Morgan fingerprint density at radius 2 is 1.90 bits per heavy atom. The highest BCUT2D eigenvalue weighted by Crippen LogP contribution is 2.17. The first-order chi connectivity index (χ1) is 10.2. The Bertz CT molecular complexity index is 589. The van der Waals surface area contributed by atoms with Gasteiger partial charge in [0.2, 0.25) is 0 Å². The van der Waals surface area contributed by atoms with Crippen molar-refractivity contribution in [2.45, 2.75) is 20.1 Å². The molecular weight excluding hydrogens is 266 g/mol. The average molecular weight is 287 g/mol. The Morgan fingerprint density at radius 3 is 2.57 bits per heavy atom. The molecule has 0 unspecified atom stereocenters. The maximum atomic E-state index is 9.02. The van der Waals surface area contributed by atoms with Gasteiger partial charge in [0.05, 0.1) is 6.54 Å². The molecule has 2 aromatic heterocycles. The highest BCUT2D eigenvalue weighted by molar-refractivity contribution is 5.41. The van der Waals surface area contributed by atoms with Gasteiger partial charge < -0.3 is 14.4 Å². The highest BCUT2D eigenvalue weighted by Gasteiger charge is 2.19. The zero-order chi connectivity index (χ0) is 14.7. The van der Waals surface area contributed by atoms with Crippen molar-refractivity contribution in [2.75, 3.05) is 31.1 Å². The molecular formula is C16H21N3O2. The molecule has 0 aliphatic carbocycles. The van der Waals surface area contributed by atoms with Crippen molar-refractivity contribution in [1.82, 2.24) is 9.88 Å². The monoisotopic (exact) mass is 287 g/mol. The third-order valence-corrected chi connectivity index (χ3v) is 3.85. The van der Waals surface area contributed by atoms with Gasteiger partial charge in [0.15, 0.2) is 0 Å². The summed E-state index contributed by atoms with van der Waals surface area (Å²) in [5, 5.41) is 9.02. The van der Waals surface area contributed by atoms with Gasteiger partial charge in [-0.2, -0.15) is 0 Å². The van der Waals surface area contributed by atoms with Gasteiger partial charge in [-0.05, 0) is 36.8 Å². The lowest BCUT2D eigenvalue weighted by molar-refractivity contribution is 0.212. The Labute approximate surface area is 124 Å². The van der Waals surface area contributed by atoms with E-state index >= 15 is 0 Å². The van der Waals surface area contributed by atoms with Gasteiger partial charge in [-0.25, -0.2) is 4.98 Å². The minimum Gasteiger partial charge on any atom is -0.462 e. The summed E-state index contributed by atoms with van der Waals surface area (Å²) in [6.07, 6.45) is 1.87. The first-order valence-corrected chi connectivity index (χ1v) is 7.33. The van der Waals surface area contributed by atoms with Crippen molar-refractivity contribution in [3.05, 3.63) is 47.5 Å². The van der Waals surface area contributed by atoms with Crippen LogP contribution in [0.15, 0.2) is 34.9 Å². The minimum absolute atomic E-state index is 0.0349. The molecule has 5 heteroatoms. The lowest BCUT2D eigenvalue weighted by atomic mass is 10.2. The van der Waals surface area contributed by atoms with E-state index in [1.807, 2.05) is 24.4 Å². The van der Waals surface area contributed by atoms with Gasteiger partial charge in [-0.1, -0.05) is 0 Å². The predicted octanol–water partition coefficient (Wildman–Crippen LogP) is 1.80. The molecule has 1 aliphatic heterocycles. The molecule has 5 nitrogen and oxygen atoms in total. The molecule has 3 heterocycles. The number of aliphatic hydroxyl groups excluding tert-OH is 1. The van der Waals surface area contributed by atoms with Crippen LogP contribution in [-0.4, -0.2) is 41.2 Å². The van der Waals surface area contributed by atoms with Crippen LogP contribution in [0.4, 0.5) is 5.82 Å². The predicted molar refractivity (Wildman–Crippen MR) is 81.1 cm³/mol. The number of hydrogen-bond acceptors (Lipinski definition) is 5. The van der Waals surface area contributed by atoms with Crippen LogP contribution in [0, 0.1) is 6.92 Å². The number of nitrogens with zero attached hydrogens (tertiary/aromatic N) is 3. The van der Waals surface area contributed by atoms with E-state index in [0.717, 1.165) is 44.3 Å². The molecule has 112 valence electrons. The highest BCUT2D eigenvalue weighted by atomic mass is 16.4. The standard InChI is InChI=1S/C16H21N3O2/c1-13-4-5-17-16(10-13)19-8-6-18(7-9-19)11-14-2-3-15(12-20)21-14/h2-5,10,20H,6-9,11-12H2,1H3. The van der Waals surface area contributed by atoms with E-state index in [9.17, 15) is 0 Å². The molecule has 0 saturated carbocycles. The van der Waals surface area contributed by atoms with Crippen molar-refractivity contribution >= 4 is 5.82 Å². The summed E-state index contributed by atoms with van der Waals surface area (Å²) in [6, 6.07) is 7.94. The summed E-state index contributed by atoms with van der Waals surface area (Å²) < 4.78 is 5.55. The fourth-order valence-corrected chi connectivity index (χ4v) is 2.64. The van der Waals surface area contributed by atoms with Crippen molar-refractivity contribution in [3.63, 3.8) is 0 Å². The van der Waals surface area contributed by atoms with Gasteiger partial charge in [0, 0.05) is 32.4 Å². The van der Waals surface area contributed by atoms with Crippen molar-refractivity contribution in [3.8, 4) is 0 Å². The Balaban J connectivity index is 1.55. The summed E-state index contributed by atoms with van der Waals surface area (Å²) in [4.78, 5) is 9.14. The lowest BCUT2D eigenvalue weighted by Gasteiger charge is -2.35. The van der Waals surface area contributed by atoms with Crippen LogP contribution in [0.5, 0.6) is 0 Å². The molecule has 1 saturated heterocycles. The maximum absolute atomic E-state index is 9.02. The number of aliphatic hydroxyl groups is 1. The number of furan rings is 1. The van der Waals surface area contributed by atoms with Crippen molar-refractivity contribution in [1.29, 1.82) is 0 Å². The third kappa shape index (κ3) is 3.43. The topological polar surface area (TPSA) is 52.7 Å². The summed E-state index contributed by atoms with van der Waals surface area (Å²) >= 11 is 0. The van der Waals surface area contributed by atoms with Crippen molar-refractivity contribution < 1.29 is 9.52 Å². The molecule has 1 N–H and O–H groups in total. The minimum atomic E-state index is -0.0349. The normalized spacial score (nSPS) is 16.4. The number of aromatic nitrogens is 1. The van der Waals surface area contributed by atoms with Gasteiger partial charge >= 0.3 is 0 Å². The van der Waals surface area contributed by atoms with Crippen LogP contribution in [0.2, 0.25) is 0 Å². The van der Waals surface area contributed by atoms with E-state index in [-0.39, 0.29) is 6.61 Å². The van der Waals surface area contributed by atoms with E-state index in [1.165, 1.54) is 5.56 Å². The molecule has 0 radical (unpaired) electrons. The molecule has 0 atom stereocenters. The van der Waals surface area contributed by atoms with Crippen LogP contribution >= 0.6 is 0 Å². The van der Waals surface area contributed by atoms with Gasteiger partial charge in [-0.15, -0.1) is 0 Å². The summed E-state index contributed by atoms with van der Waals surface area (Å²) in [6.45, 7) is 6.79. The fourth-order valence-electron chi connectivity index (χ4n) is 2.64. The molecule has 0 aromatic carbocycles. The number of aryl methyl sites for hydroxylation is 1. The average Bonchev–Trinajstić information content (AvgIpc) is 2.96. The fraction of sp³-hybridized carbons (Fsp3) is 0.438. The number of anilines is 1. The van der Waals surface area contributed by atoms with Gasteiger partial charge in [0.25, 0.3) is 0 Å². The van der Waals surface area contributed by atoms with E-state index in [0.29, 0.717) is 5.76 Å². The molecule has 1 fully saturated rings. The Morgan fingerprint density at radius 1 is 1.14 bits per heavy atom. The van der Waals surface area contributed by atoms with Gasteiger partial charge in [-0.3, -0.25) is 4.90 Å². The van der Waals surface area contributed by atoms with Crippen LogP contribution in [0.25, 0.3) is 0 Å². The van der Waals surface area contributed by atoms with Crippen LogP contribution in [0.1, 0.15) is 17.1 Å². The summed E-state index contributed by atoms with van der Waals surface area (Å²) in [5.41, 5.74) is 1.24. The second kappa shape index (κ2) is 6.28. The first-order valence-electron chi connectivity index (χ1n) is 7.33. The zero-order valence-corrected chi connectivity index (χ0v) is 12.3. The maximum Gasteiger partial charge on any atom is 0.129 e. The molecule has 21 heavy (non-hydrogen) atoms. The third-order valence-electron chi connectivity index (χ3n) is 3.85. The second-order valence-electron chi connectivity index (χ2n) is 5.48. The Kier molecular flexibility index (Phi) is 4.22. The smallest absolute Gasteiger partial charge is 0.129 e. The molecule has 3 rings (SSSR count). The van der Waals surface area contributed by atoms with Crippen LogP contribution in [-0.2, 0) is 13.2 Å². The second-order valence-corrected chi connectivity index (χ2v) is 5.48. The lowest BCUT2D eigenvalue weighted by Crippen LogP contribution is -2.46. The molecule has 0 spiro atoms. The molecule has 2 aromatic rings. The molecule has 0 bridgehead atoms. The molecule has 0 amide bonds. The van der Waals surface area contributed by atoms with Crippen LogP contribution < -0.4 is 4.90 Å². The van der Waals surface area contributed by atoms with Crippen LogP contribution in [0.3, 0.4) is 0 Å². The Hall–Kier alpha value is -1.85. The SMILES string of the molecule is Cc1ccnc(N2CCN(Cc3ccc(CO)o3)CC2)c1. The number of rotatable bonds is 4. The first kappa shape index (κ1) is 14.1. The van der Waals surface area contributed by atoms with E-state index < -0.39 is 0 Å². The number of piperazine rings is 1. The molecule has 1 aliphatic rings. The van der Waals surface area contributed by atoms with E-state index in [2.05, 4.69) is 27.8 Å². The summed E-state index contributed by atoms with van der Waals surface area (Å²) in [5.74, 6) is 2.61.